The first-order valence-electron chi connectivity index (χ1n) is 37.9. The molecule has 2 unspecified atom stereocenters. The van der Waals surface area contributed by atoms with Crippen molar-refractivity contribution >= 4 is 121 Å². The molecule has 36 nitrogen and oxygen atoms in total. The normalized spacial score (nSPS) is 14.3. The quantitative estimate of drug-likeness (QED) is 0.0118. The topological polar surface area (TPSA) is 500 Å². The summed E-state index contributed by atoms with van der Waals surface area (Å²) in [6, 6.07) is 42.1. The van der Waals surface area contributed by atoms with Gasteiger partial charge in [-0.1, -0.05) is 47.6 Å². The van der Waals surface area contributed by atoms with E-state index in [4.69, 9.17) is 44.2 Å². The number of aromatic nitrogens is 7. The SMILES string of the molecule is CC1=NN(c2ccc(C(=O)O)cc2)C(=O)/C1=C\c1c(C)[nH]n(-c2ccc(C(=O)O)cc2)c1=O.COC(=O)C(C)n1cc(/C=C2\C(=O)ON=C2c2ccc(NS(=O)(=O)c3cccc(C(=O)OCCC(C)OC)c3)cc2)c2ccccc21.Cc1c(C=C/C=c2/c(C)c3c([nH]c2=O)=NN(c2ccc(C(=O)O)cc2)C3=O)c(O)[nH]c2nn(-c3ccc(OCO)cc3)c(=O)c1-2. The van der Waals surface area contributed by atoms with Crippen LogP contribution in [0.15, 0.2) is 228 Å². The number of benzene rings is 7. The molecule has 0 saturated heterocycles. The van der Waals surface area contributed by atoms with Gasteiger partial charge in [0.05, 0.1) is 103 Å². The number of nitrogens with one attached hydrogen (secondary N) is 4. The van der Waals surface area contributed by atoms with E-state index in [0.717, 1.165) is 20.9 Å². The molecule has 636 valence electrons. The summed E-state index contributed by atoms with van der Waals surface area (Å²) in [4.78, 5) is 147. The number of carbonyl (C=O) groups excluding carboxylic acids is 5. The Hall–Kier alpha value is -16.3. The van der Waals surface area contributed by atoms with Crippen LogP contribution in [0.5, 0.6) is 11.6 Å². The number of para-hydroxylation sites is 1. The number of amides is 2. The molecule has 10 aromatic rings. The number of aliphatic hydroxyl groups is 1. The van der Waals surface area contributed by atoms with Crippen molar-refractivity contribution in [3.8, 4) is 34.4 Å². The monoisotopic (exact) mass is 1710 g/mol. The Morgan fingerprint density at radius 2 is 1.26 bits per heavy atom. The number of carboxylic acids is 3. The van der Waals surface area contributed by atoms with Gasteiger partial charge in [0.2, 0.25) is 0 Å². The number of carboxylic acid groups (broad SMARTS) is 3. The average Bonchev–Trinajstić information content (AvgIpc) is 1.62. The van der Waals surface area contributed by atoms with Gasteiger partial charge in [-0.25, -0.2) is 41.9 Å². The Balaban J connectivity index is 0.000000163. The number of methoxy groups -OCH3 is 2. The molecule has 8 heterocycles. The summed E-state index contributed by atoms with van der Waals surface area (Å²) < 4.78 is 53.4. The van der Waals surface area contributed by atoms with Crippen molar-refractivity contribution in [2.45, 2.75) is 65.0 Å². The van der Waals surface area contributed by atoms with Gasteiger partial charge < -0.3 is 63.9 Å². The summed E-state index contributed by atoms with van der Waals surface area (Å²) in [6.07, 6.45) is 9.80. The molecule has 7 aromatic carbocycles. The molecule has 37 heteroatoms. The van der Waals surface area contributed by atoms with Gasteiger partial charge in [0, 0.05) is 63.9 Å². The number of aromatic hydroxyl groups is 1. The van der Waals surface area contributed by atoms with Crippen LogP contribution in [0, 0.1) is 20.8 Å². The summed E-state index contributed by atoms with van der Waals surface area (Å²) in [5.41, 5.74) is 6.27. The molecule has 5 aliphatic rings. The highest BCUT2D eigenvalue weighted by atomic mass is 32.2. The minimum absolute atomic E-state index is 0.0506. The van der Waals surface area contributed by atoms with E-state index in [9.17, 15) is 66.3 Å². The number of aromatic amines is 3. The molecule has 0 fully saturated rings. The fraction of sp³-hybridized carbons (Fsp3) is 0.148. The number of esters is 2. The first-order chi connectivity index (χ1) is 59.8. The van der Waals surface area contributed by atoms with Gasteiger partial charge in [-0.3, -0.25) is 33.8 Å². The number of ether oxygens (including phenoxy) is 4. The Morgan fingerprint density at radius 3 is 1.88 bits per heavy atom. The average molecular weight is 1710 g/mol. The summed E-state index contributed by atoms with van der Waals surface area (Å²) >= 11 is 0. The maximum Gasteiger partial charge on any atom is 0.368 e. The number of hydrogen-bond acceptors (Lipinski definition) is 24. The third-order valence-corrected chi connectivity index (χ3v) is 21.7. The number of hydrazone groups is 1. The molecular weight excluding hydrogens is 1640 g/mol. The molecule has 3 aromatic heterocycles. The second kappa shape index (κ2) is 36.3. The van der Waals surface area contributed by atoms with Crippen LogP contribution < -0.4 is 46.9 Å². The van der Waals surface area contributed by atoms with Crippen LogP contribution in [0.1, 0.15) is 124 Å². The maximum absolute atomic E-state index is 13.3. The Labute approximate surface area is 707 Å². The number of oxime groups is 1. The number of allylic oxidation sites excluding steroid dienone is 1. The van der Waals surface area contributed by atoms with Crippen molar-refractivity contribution in [2.24, 2.45) is 15.4 Å². The van der Waals surface area contributed by atoms with Gasteiger partial charge in [0.1, 0.15) is 17.5 Å². The van der Waals surface area contributed by atoms with E-state index in [-0.39, 0.29) is 102 Å². The van der Waals surface area contributed by atoms with Gasteiger partial charge in [-0.15, -0.1) is 10.2 Å². The zero-order chi connectivity index (χ0) is 89.6. The van der Waals surface area contributed by atoms with E-state index in [2.05, 4.69) is 40.2 Å². The smallest absolute Gasteiger partial charge is 0.368 e. The molecule has 0 saturated carbocycles. The van der Waals surface area contributed by atoms with Crippen molar-refractivity contribution < 1.29 is 96.1 Å². The van der Waals surface area contributed by atoms with Gasteiger partial charge >= 0.3 is 35.8 Å². The van der Waals surface area contributed by atoms with Crippen LogP contribution >= 0.6 is 0 Å². The molecule has 9 N–H and O–H groups in total. The number of sulfonamides is 1. The number of nitrogens with zero attached hydrogens (tertiary/aromatic N) is 9. The molecule has 0 spiro atoms. The molecule has 125 heavy (non-hydrogen) atoms. The summed E-state index contributed by atoms with van der Waals surface area (Å²) in [5.74, 6) is -5.59. The van der Waals surface area contributed by atoms with Crippen LogP contribution in [0.25, 0.3) is 58.0 Å². The summed E-state index contributed by atoms with van der Waals surface area (Å²) in [5, 5.41) is 69.8. The van der Waals surface area contributed by atoms with E-state index >= 15 is 0 Å². The van der Waals surface area contributed by atoms with Crippen molar-refractivity contribution in [1.29, 1.82) is 0 Å². The number of fused-ring (bicyclic) bond motifs is 3. The summed E-state index contributed by atoms with van der Waals surface area (Å²) in [7, 11) is -1.18. The summed E-state index contributed by atoms with van der Waals surface area (Å²) in [6.45, 7) is 9.81. The predicted molar refractivity (Wildman–Crippen MR) is 456 cm³/mol. The second-order valence-corrected chi connectivity index (χ2v) is 29.8. The molecular formula is C88H75N13O23S. The number of rotatable bonds is 24. The van der Waals surface area contributed by atoms with Crippen LogP contribution in [0.4, 0.5) is 17.1 Å². The first-order valence-corrected chi connectivity index (χ1v) is 39.4. The highest BCUT2D eigenvalue weighted by molar-refractivity contribution is 7.92. The first kappa shape index (κ1) is 86.6. The Kier molecular flexibility index (Phi) is 25.2. The lowest BCUT2D eigenvalue weighted by atomic mass is 10.0. The van der Waals surface area contributed by atoms with Crippen molar-refractivity contribution in [3.63, 3.8) is 0 Å². The zero-order valence-corrected chi connectivity index (χ0v) is 68.2. The Bertz CT molecular complexity index is 6950. The van der Waals surface area contributed by atoms with Crippen molar-refractivity contribution in [2.75, 3.05) is 42.4 Å². The molecule has 0 radical (unpaired) electrons. The third kappa shape index (κ3) is 18.1. The molecule has 5 aliphatic heterocycles. The van der Waals surface area contributed by atoms with E-state index < -0.39 is 87.2 Å². The Morgan fingerprint density at radius 1 is 0.648 bits per heavy atom. The lowest BCUT2D eigenvalue weighted by Crippen LogP contribution is -2.38. The number of pyridine rings is 2. The van der Waals surface area contributed by atoms with Gasteiger partial charge in [0.25, 0.3) is 38.5 Å². The lowest BCUT2D eigenvalue weighted by molar-refractivity contribution is -0.144. The van der Waals surface area contributed by atoms with Crippen molar-refractivity contribution in [1.82, 2.24) is 34.1 Å². The minimum atomic E-state index is -4.07. The molecule has 0 aliphatic carbocycles. The third-order valence-electron chi connectivity index (χ3n) is 20.3. The van der Waals surface area contributed by atoms with Gasteiger partial charge in [-0.05, 0) is 210 Å². The highest BCUT2D eigenvalue weighted by Gasteiger charge is 2.34. The number of aliphatic hydroxyl groups excluding tert-OH is 1. The number of aromatic carboxylic acids is 3. The number of H-pyrrole nitrogens is 3. The molecule has 2 atom stereocenters. The molecule has 0 bridgehead atoms. The fourth-order valence-corrected chi connectivity index (χ4v) is 14.6. The van der Waals surface area contributed by atoms with E-state index in [1.807, 2.05) is 31.2 Å². The highest BCUT2D eigenvalue weighted by Crippen LogP contribution is 2.34. The molecule has 2 amide bonds. The van der Waals surface area contributed by atoms with Crippen LogP contribution in [-0.2, 0) is 43.5 Å². The largest absolute Gasteiger partial charge is 0.494 e. The van der Waals surface area contributed by atoms with Crippen molar-refractivity contribution in [3.05, 3.63) is 302 Å². The number of carbonyl (C=O) groups is 8. The van der Waals surface area contributed by atoms with Crippen LogP contribution in [0.2, 0.25) is 0 Å². The maximum atomic E-state index is 13.3. The molecule has 15 rings (SSSR count). The van der Waals surface area contributed by atoms with E-state index in [1.165, 1.54) is 150 Å². The minimum Gasteiger partial charge on any atom is -0.494 e. The predicted octanol–water partition coefficient (Wildman–Crippen LogP) is 9.17. The van der Waals surface area contributed by atoms with Crippen LogP contribution in [0.3, 0.4) is 0 Å². The standard InChI is InChI=1S/C34H33N3O9S.C31H24N6O8.C23H18N4O6/c1-21(43-3)16-17-45-33(39)24-8-7-9-27(18-24)47(41,42)36-26-14-12-23(13-15-26)31-29(34(40)46-35-31)19-25-20-37(22(2)32(38)44-4)30-11-6-5-10-28(25)30;1-15-21(27(39)32-25-23(15)29(41)36(34-25)18-8-6-17(7-9-18)31(43)44)4-3-5-22-16(2)24-26(33-28(22)40)35-37(30(24)42)19-10-12-20(13-11-19)45-14-38;1-12-18(20(28)26(24-12)16-7-3-14(4-8-16)22(30)31)11-19-13(2)25-27(21(19)29)17-9-5-15(6-10-17)23(32)33/h5-15,18-22,36H,16-17H2,1-4H3;3-13,38H,14H2,1-2H3,(H,43,44)(H,32,34,39)(H2,33,35,40);3-11,24H,1-2H3,(H,30,31)(H,32,33)/b29-19-;5-3?,21-4-;19-11-. The van der Waals surface area contributed by atoms with E-state index in [0.29, 0.717) is 74.1 Å². The number of anilines is 3. The number of aryl methyl sites for hydroxylation is 1. The fourth-order valence-electron chi connectivity index (χ4n) is 13.5. The van der Waals surface area contributed by atoms with Crippen LogP contribution in [-0.4, -0.2) is 161 Å². The zero-order valence-electron chi connectivity index (χ0n) is 67.4. The van der Waals surface area contributed by atoms with E-state index in [1.54, 1.807) is 95.0 Å². The second-order valence-electron chi connectivity index (χ2n) is 28.2. The number of hydrogen-bond donors (Lipinski definition) is 9. The lowest BCUT2D eigenvalue weighted by Gasteiger charge is -2.12. The van der Waals surface area contributed by atoms with Gasteiger partial charge in [-0.2, -0.15) is 19.8 Å². The van der Waals surface area contributed by atoms with Gasteiger partial charge in [0.15, 0.2) is 24.0 Å².